The first-order valence-electron chi connectivity index (χ1n) is 7.14. The van der Waals surface area contributed by atoms with E-state index in [0.29, 0.717) is 0 Å². The molecule has 2 aromatic rings. The smallest absolute Gasteiger partial charge is 0.254 e. The lowest BCUT2D eigenvalue weighted by Crippen LogP contribution is -2.30. The summed E-state index contributed by atoms with van der Waals surface area (Å²) in [6.07, 6.45) is 3.86. The molecule has 0 spiro atoms. The highest BCUT2D eigenvalue weighted by Crippen LogP contribution is 2.34. The fraction of sp³-hybridized carbons (Fsp3) is 0.375. The SMILES string of the molecule is CN(C)c1cccc(C(=O)N2CCCC2c2nccs2)c1. The molecule has 1 aromatic heterocycles. The van der Waals surface area contributed by atoms with Crippen molar-refractivity contribution in [3.05, 3.63) is 46.4 Å². The van der Waals surface area contributed by atoms with Crippen LogP contribution in [0.2, 0.25) is 0 Å². The molecule has 1 aliphatic heterocycles. The van der Waals surface area contributed by atoms with Crippen molar-refractivity contribution in [2.75, 3.05) is 25.5 Å². The minimum absolute atomic E-state index is 0.108. The number of hydrogen-bond acceptors (Lipinski definition) is 4. The standard InChI is InChI=1S/C16H19N3OS/c1-18(2)13-6-3-5-12(11-13)16(20)19-9-4-7-14(19)15-17-8-10-21-15/h3,5-6,8,10-11,14H,4,7,9H2,1-2H3. The summed E-state index contributed by atoms with van der Waals surface area (Å²) < 4.78 is 0. The van der Waals surface area contributed by atoms with E-state index >= 15 is 0 Å². The first-order valence-corrected chi connectivity index (χ1v) is 8.02. The Morgan fingerprint density at radius 1 is 1.43 bits per heavy atom. The fourth-order valence-corrected chi connectivity index (χ4v) is 3.53. The summed E-state index contributed by atoms with van der Waals surface area (Å²) in [5, 5.41) is 3.02. The molecule has 1 fully saturated rings. The number of likely N-dealkylation sites (tertiary alicyclic amines) is 1. The molecule has 3 rings (SSSR count). The third-order valence-electron chi connectivity index (χ3n) is 3.86. The van der Waals surface area contributed by atoms with Crippen molar-refractivity contribution in [3.8, 4) is 0 Å². The van der Waals surface area contributed by atoms with Gasteiger partial charge in [0.05, 0.1) is 6.04 Å². The highest BCUT2D eigenvalue weighted by atomic mass is 32.1. The Balaban J connectivity index is 1.86. The molecule has 1 atom stereocenters. The molecule has 21 heavy (non-hydrogen) atoms. The van der Waals surface area contributed by atoms with Crippen LogP contribution in [-0.2, 0) is 0 Å². The van der Waals surface area contributed by atoms with Gasteiger partial charge in [-0.2, -0.15) is 0 Å². The van der Waals surface area contributed by atoms with E-state index in [0.717, 1.165) is 35.6 Å². The third kappa shape index (κ3) is 2.78. The van der Waals surface area contributed by atoms with E-state index in [4.69, 9.17) is 0 Å². The van der Waals surface area contributed by atoms with Gasteiger partial charge < -0.3 is 9.80 Å². The molecule has 1 aromatic carbocycles. The van der Waals surface area contributed by atoms with Crippen LogP contribution < -0.4 is 4.90 Å². The van der Waals surface area contributed by atoms with Crippen LogP contribution in [0, 0.1) is 0 Å². The molecule has 0 saturated carbocycles. The normalized spacial score (nSPS) is 18.0. The van der Waals surface area contributed by atoms with E-state index in [1.54, 1.807) is 11.3 Å². The Kier molecular flexibility index (Phi) is 3.92. The minimum Gasteiger partial charge on any atom is -0.378 e. The highest BCUT2D eigenvalue weighted by molar-refractivity contribution is 7.09. The van der Waals surface area contributed by atoms with Gasteiger partial charge in [0.15, 0.2) is 0 Å². The number of nitrogens with zero attached hydrogens (tertiary/aromatic N) is 3. The second kappa shape index (κ2) is 5.85. The van der Waals surface area contributed by atoms with Gasteiger partial charge in [-0.15, -0.1) is 11.3 Å². The molecular formula is C16H19N3OS. The van der Waals surface area contributed by atoms with E-state index in [9.17, 15) is 4.79 Å². The van der Waals surface area contributed by atoms with Gasteiger partial charge >= 0.3 is 0 Å². The number of rotatable bonds is 3. The lowest BCUT2D eigenvalue weighted by molar-refractivity contribution is 0.0735. The topological polar surface area (TPSA) is 36.4 Å². The number of amides is 1. The van der Waals surface area contributed by atoms with Gasteiger partial charge in [-0.1, -0.05) is 6.07 Å². The molecule has 0 N–H and O–H groups in total. The molecule has 0 bridgehead atoms. The molecular weight excluding hydrogens is 282 g/mol. The first-order chi connectivity index (χ1) is 10.2. The zero-order chi connectivity index (χ0) is 14.8. The molecule has 110 valence electrons. The van der Waals surface area contributed by atoms with E-state index in [-0.39, 0.29) is 11.9 Å². The highest BCUT2D eigenvalue weighted by Gasteiger charge is 2.32. The maximum Gasteiger partial charge on any atom is 0.254 e. The molecule has 4 nitrogen and oxygen atoms in total. The summed E-state index contributed by atoms with van der Waals surface area (Å²) in [6.45, 7) is 0.815. The average Bonchev–Trinajstić information content (AvgIpc) is 3.17. The lowest BCUT2D eigenvalue weighted by Gasteiger charge is -2.24. The van der Waals surface area contributed by atoms with E-state index in [1.165, 1.54) is 0 Å². The molecule has 1 unspecified atom stereocenters. The van der Waals surface area contributed by atoms with Gasteiger partial charge in [-0.3, -0.25) is 4.79 Å². The molecule has 5 heteroatoms. The van der Waals surface area contributed by atoms with Crippen LogP contribution in [0.15, 0.2) is 35.8 Å². The zero-order valence-electron chi connectivity index (χ0n) is 12.3. The van der Waals surface area contributed by atoms with Crippen LogP contribution in [0.5, 0.6) is 0 Å². The van der Waals surface area contributed by atoms with Gasteiger partial charge in [0.25, 0.3) is 5.91 Å². The molecule has 1 saturated heterocycles. The van der Waals surface area contributed by atoms with Crippen LogP contribution in [0.4, 0.5) is 5.69 Å². The summed E-state index contributed by atoms with van der Waals surface area (Å²) >= 11 is 1.63. The summed E-state index contributed by atoms with van der Waals surface area (Å²) in [5.74, 6) is 0.108. The Morgan fingerprint density at radius 2 is 2.29 bits per heavy atom. The summed E-state index contributed by atoms with van der Waals surface area (Å²) in [6, 6.07) is 7.95. The number of anilines is 1. The quantitative estimate of drug-likeness (QED) is 0.873. The summed E-state index contributed by atoms with van der Waals surface area (Å²) in [4.78, 5) is 21.2. The Hall–Kier alpha value is -1.88. The average molecular weight is 301 g/mol. The van der Waals surface area contributed by atoms with Crippen LogP contribution in [0.1, 0.15) is 34.2 Å². The largest absolute Gasteiger partial charge is 0.378 e. The molecule has 2 heterocycles. The summed E-state index contributed by atoms with van der Waals surface area (Å²) in [5.41, 5.74) is 1.80. The molecule has 0 aliphatic carbocycles. The predicted octanol–water partition coefficient (Wildman–Crippen LogP) is 3.19. The Bertz CT molecular complexity index is 624. The number of benzene rings is 1. The monoisotopic (exact) mass is 301 g/mol. The third-order valence-corrected chi connectivity index (χ3v) is 4.74. The molecule has 0 radical (unpaired) electrons. The minimum atomic E-state index is 0.108. The van der Waals surface area contributed by atoms with Gasteiger partial charge in [-0.05, 0) is 31.0 Å². The first kappa shape index (κ1) is 14.1. The number of carbonyl (C=O) groups excluding carboxylic acids is 1. The number of carbonyl (C=O) groups is 1. The van der Waals surface area contributed by atoms with E-state index in [1.807, 2.05) is 59.7 Å². The maximum absolute atomic E-state index is 12.8. The van der Waals surface area contributed by atoms with Crippen molar-refractivity contribution in [1.82, 2.24) is 9.88 Å². The van der Waals surface area contributed by atoms with Crippen molar-refractivity contribution < 1.29 is 4.79 Å². The van der Waals surface area contributed by atoms with Crippen LogP contribution in [0.25, 0.3) is 0 Å². The lowest BCUT2D eigenvalue weighted by atomic mass is 10.1. The van der Waals surface area contributed by atoms with Crippen LogP contribution >= 0.6 is 11.3 Å². The van der Waals surface area contributed by atoms with Crippen LogP contribution in [-0.4, -0.2) is 36.4 Å². The Morgan fingerprint density at radius 3 is 3.00 bits per heavy atom. The van der Waals surface area contributed by atoms with Gasteiger partial charge in [-0.25, -0.2) is 4.98 Å². The van der Waals surface area contributed by atoms with Gasteiger partial charge in [0.2, 0.25) is 0 Å². The molecule has 1 aliphatic rings. The van der Waals surface area contributed by atoms with Crippen molar-refractivity contribution in [2.45, 2.75) is 18.9 Å². The van der Waals surface area contributed by atoms with E-state index in [2.05, 4.69) is 4.98 Å². The number of thiazole rings is 1. The van der Waals surface area contributed by atoms with Crippen LogP contribution in [0.3, 0.4) is 0 Å². The maximum atomic E-state index is 12.8. The van der Waals surface area contributed by atoms with Gasteiger partial charge in [0, 0.05) is 43.5 Å². The fourth-order valence-electron chi connectivity index (χ4n) is 2.75. The zero-order valence-corrected chi connectivity index (χ0v) is 13.1. The second-order valence-electron chi connectivity index (χ2n) is 5.47. The number of aromatic nitrogens is 1. The number of hydrogen-bond donors (Lipinski definition) is 0. The molecule has 1 amide bonds. The van der Waals surface area contributed by atoms with Crippen molar-refractivity contribution >= 4 is 22.9 Å². The van der Waals surface area contributed by atoms with Crippen molar-refractivity contribution in [2.24, 2.45) is 0 Å². The Labute approximate surface area is 129 Å². The van der Waals surface area contributed by atoms with Crippen molar-refractivity contribution in [1.29, 1.82) is 0 Å². The predicted molar refractivity (Wildman–Crippen MR) is 85.9 cm³/mol. The van der Waals surface area contributed by atoms with Crippen molar-refractivity contribution in [3.63, 3.8) is 0 Å². The second-order valence-corrected chi connectivity index (χ2v) is 6.40. The van der Waals surface area contributed by atoms with E-state index < -0.39 is 0 Å². The summed E-state index contributed by atoms with van der Waals surface area (Å²) in [7, 11) is 3.97. The van der Waals surface area contributed by atoms with Gasteiger partial charge in [0.1, 0.15) is 5.01 Å².